The van der Waals surface area contributed by atoms with Crippen LogP contribution in [0.25, 0.3) is 6.08 Å². The summed E-state index contributed by atoms with van der Waals surface area (Å²) in [6, 6.07) is 12.2. The molecule has 3 aromatic carbocycles. The van der Waals surface area contributed by atoms with E-state index < -0.39 is 38.5 Å². The van der Waals surface area contributed by atoms with E-state index in [9.17, 15) is 32.9 Å². The van der Waals surface area contributed by atoms with Gasteiger partial charge >= 0.3 is 16.1 Å². The molecule has 206 valence electrons. The first-order valence-corrected chi connectivity index (χ1v) is 13.3. The fraction of sp³-hybridized carbons (Fsp3) is 0.115. The molecule has 1 N–H and O–H groups in total. The van der Waals surface area contributed by atoms with Crippen molar-refractivity contribution in [2.24, 2.45) is 0 Å². The number of imide groups is 2. The topological polar surface area (TPSA) is 162 Å². The van der Waals surface area contributed by atoms with Crippen LogP contribution in [0.15, 0.2) is 71.1 Å². The number of anilines is 1. The molecule has 1 aliphatic heterocycles. The smallest absolute Gasteiger partial charge is 0.339 e. The Labute approximate surface area is 233 Å². The second-order valence-electron chi connectivity index (χ2n) is 8.35. The van der Waals surface area contributed by atoms with E-state index in [4.69, 9.17) is 20.5 Å². The fourth-order valence-electron chi connectivity index (χ4n) is 3.68. The summed E-state index contributed by atoms with van der Waals surface area (Å²) in [6.45, 7) is 3.52. The second kappa shape index (κ2) is 11.2. The first kappa shape index (κ1) is 28.3. The quantitative estimate of drug-likeness (QED) is 0.133. The van der Waals surface area contributed by atoms with E-state index in [1.807, 2.05) is 5.32 Å². The number of hydrogen-bond donors (Lipinski definition) is 1. The Bertz CT molecular complexity index is 1690. The molecule has 0 unspecified atom stereocenters. The highest BCUT2D eigenvalue weighted by Crippen LogP contribution is 2.39. The molecule has 40 heavy (non-hydrogen) atoms. The van der Waals surface area contributed by atoms with Gasteiger partial charge in [0.05, 0.1) is 22.2 Å². The van der Waals surface area contributed by atoms with Crippen LogP contribution < -0.4 is 19.1 Å². The highest BCUT2D eigenvalue weighted by atomic mass is 35.5. The zero-order valence-corrected chi connectivity index (χ0v) is 22.5. The number of carbonyl (C=O) groups is 3. The third-order valence-electron chi connectivity index (χ3n) is 5.55. The van der Waals surface area contributed by atoms with E-state index in [-0.39, 0.29) is 45.0 Å². The minimum atomic E-state index is -4.29. The molecule has 0 radical (unpaired) electrons. The lowest BCUT2D eigenvalue weighted by molar-refractivity contribution is -0.384. The monoisotopic (exact) mass is 585 g/mol. The van der Waals surface area contributed by atoms with Crippen molar-refractivity contribution in [2.75, 3.05) is 11.5 Å². The van der Waals surface area contributed by atoms with Gasteiger partial charge < -0.3 is 8.92 Å². The molecule has 0 saturated carbocycles. The number of hydrogen-bond acceptors (Lipinski definition) is 9. The number of aryl methyl sites for hydroxylation is 1. The summed E-state index contributed by atoms with van der Waals surface area (Å²) in [4.78, 5) is 49.2. The van der Waals surface area contributed by atoms with Gasteiger partial charge in [-0.1, -0.05) is 35.4 Å². The van der Waals surface area contributed by atoms with Crippen LogP contribution in [-0.4, -0.2) is 37.8 Å². The number of barbiturate groups is 1. The number of non-ortho nitro benzene ring substituents is 1. The highest BCUT2D eigenvalue weighted by Gasteiger charge is 2.37. The molecule has 4 rings (SSSR count). The Morgan fingerprint density at radius 1 is 1.07 bits per heavy atom. The van der Waals surface area contributed by atoms with Gasteiger partial charge in [-0.25, -0.2) is 9.69 Å². The highest BCUT2D eigenvalue weighted by molar-refractivity contribution is 7.87. The summed E-state index contributed by atoms with van der Waals surface area (Å²) < 4.78 is 36.5. The summed E-state index contributed by atoms with van der Waals surface area (Å²) in [5.41, 5.74) is -0.0135. The average molecular weight is 586 g/mol. The number of nitro groups is 1. The lowest BCUT2D eigenvalue weighted by Crippen LogP contribution is -2.54. The number of urea groups is 1. The Morgan fingerprint density at radius 2 is 1.77 bits per heavy atom. The minimum Gasteiger partial charge on any atom is -0.490 e. The van der Waals surface area contributed by atoms with Crippen LogP contribution in [-0.2, 0) is 19.7 Å². The molecular formula is C26H20ClN3O9S. The van der Waals surface area contributed by atoms with Crippen LogP contribution in [0.4, 0.5) is 16.2 Å². The van der Waals surface area contributed by atoms with Crippen molar-refractivity contribution < 1.29 is 36.6 Å². The van der Waals surface area contributed by atoms with Crippen LogP contribution in [0.5, 0.6) is 11.5 Å². The van der Waals surface area contributed by atoms with Crippen molar-refractivity contribution in [3.8, 4) is 11.5 Å². The van der Waals surface area contributed by atoms with Crippen molar-refractivity contribution in [2.45, 2.75) is 18.7 Å². The maximum absolute atomic E-state index is 13.2. The maximum atomic E-state index is 13.2. The molecule has 0 atom stereocenters. The molecule has 0 bridgehead atoms. The van der Waals surface area contributed by atoms with E-state index in [1.165, 1.54) is 42.5 Å². The van der Waals surface area contributed by atoms with Crippen LogP contribution in [0.1, 0.15) is 18.1 Å². The predicted molar refractivity (Wildman–Crippen MR) is 144 cm³/mol. The zero-order chi connectivity index (χ0) is 29.2. The van der Waals surface area contributed by atoms with Crippen molar-refractivity contribution in [3.05, 3.63) is 92.5 Å². The molecule has 1 fully saturated rings. The molecule has 0 spiro atoms. The molecule has 0 aliphatic carbocycles. The van der Waals surface area contributed by atoms with Gasteiger partial charge in [-0.3, -0.25) is 25.0 Å². The lowest BCUT2D eigenvalue weighted by Gasteiger charge is -2.26. The Hall–Kier alpha value is -4.75. The van der Waals surface area contributed by atoms with Crippen LogP contribution in [0.3, 0.4) is 0 Å². The molecule has 4 amide bonds. The zero-order valence-electron chi connectivity index (χ0n) is 20.9. The fourth-order valence-corrected chi connectivity index (χ4v) is 4.94. The standard InChI is InChI=1S/C26H20ClN3O9S/c1-3-38-22-13-16(12-21(27)23(22)39-40(36,37)19-9-7-15(2)8-10-19)11-20-24(31)28-26(33)29(25(20)32)17-5-4-6-18(14-17)30(34)35/h4-14H,3H2,1-2H3,(H,28,31,33)/b20-11+. The molecule has 12 nitrogen and oxygen atoms in total. The van der Waals surface area contributed by atoms with E-state index >= 15 is 0 Å². The molecule has 0 aromatic heterocycles. The van der Waals surface area contributed by atoms with Gasteiger partial charge in [0, 0.05) is 12.1 Å². The average Bonchev–Trinajstić information content (AvgIpc) is 2.89. The molecular weight excluding hydrogens is 566 g/mol. The third kappa shape index (κ3) is 5.80. The van der Waals surface area contributed by atoms with Gasteiger partial charge in [-0.2, -0.15) is 8.42 Å². The number of rotatable bonds is 8. The molecule has 14 heteroatoms. The second-order valence-corrected chi connectivity index (χ2v) is 10.3. The van der Waals surface area contributed by atoms with E-state index in [2.05, 4.69) is 0 Å². The maximum Gasteiger partial charge on any atom is 0.339 e. The molecule has 3 aromatic rings. The van der Waals surface area contributed by atoms with Crippen molar-refractivity contribution in [1.29, 1.82) is 0 Å². The van der Waals surface area contributed by atoms with Gasteiger partial charge in [0.1, 0.15) is 10.5 Å². The number of nitrogens with one attached hydrogen (secondary N) is 1. The van der Waals surface area contributed by atoms with Crippen molar-refractivity contribution in [3.63, 3.8) is 0 Å². The van der Waals surface area contributed by atoms with Gasteiger partial charge in [0.15, 0.2) is 5.75 Å². The van der Waals surface area contributed by atoms with Crippen LogP contribution in [0.2, 0.25) is 5.02 Å². The predicted octanol–water partition coefficient (Wildman–Crippen LogP) is 4.39. The summed E-state index contributed by atoms with van der Waals surface area (Å²) in [5.74, 6) is -2.47. The lowest BCUT2D eigenvalue weighted by atomic mass is 10.1. The number of ether oxygens (including phenoxy) is 1. The molecule has 1 heterocycles. The number of halogens is 1. The minimum absolute atomic E-state index is 0.0891. The van der Waals surface area contributed by atoms with Gasteiger partial charge in [-0.05, 0) is 55.8 Å². The summed E-state index contributed by atoms with van der Waals surface area (Å²) in [7, 11) is -4.29. The van der Waals surface area contributed by atoms with Gasteiger partial charge in [0.2, 0.25) is 5.75 Å². The first-order valence-electron chi connectivity index (χ1n) is 11.5. The number of amides is 4. The van der Waals surface area contributed by atoms with Crippen molar-refractivity contribution >= 4 is 57.0 Å². The summed E-state index contributed by atoms with van der Waals surface area (Å²) in [6.07, 6.45) is 1.11. The van der Waals surface area contributed by atoms with Gasteiger partial charge in [0.25, 0.3) is 17.5 Å². The van der Waals surface area contributed by atoms with Crippen LogP contribution in [0, 0.1) is 17.0 Å². The summed E-state index contributed by atoms with van der Waals surface area (Å²) >= 11 is 6.36. The van der Waals surface area contributed by atoms with E-state index in [0.717, 1.165) is 17.7 Å². The van der Waals surface area contributed by atoms with E-state index in [0.29, 0.717) is 4.90 Å². The van der Waals surface area contributed by atoms with E-state index in [1.54, 1.807) is 26.0 Å². The molecule has 1 saturated heterocycles. The molecule has 1 aliphatic rings. The van der Waals surface area contributed by atoms with Crippen molar-refractivity contribution in [1.82, 2.24) is 5.32 Å². The van der Waals surface area contributed by atoms with Crippen LogP contribution >= 0.6 is 11.6 Å². The number of carbonyl (C=O) groups excluding carboxylic acids is 3. The normalized spacial score (nSPS) is 14.7. The number of nitrogens with zero attached hydrogens (tertiary/aromatic N) is 2. The SMILES string of the molecule is CCOc1cc(/C=C2\C(=O)NC(=O)N(c3cccc([N+](=O)[O-])c3)C2=O)cc(Cl)c1OS(=O)(=O)c1ccc(C)cc1. The largest absolute Gasteiger partial charge is 0.490 e. The Kier molecular flexibility index (Phi) is 7.89. The Morgan fingerprint density at radius 3 is 2.42 bits per heavy atom. The Balaban J connectivity index is 1.72. The summed E-state index contributed by atoms with van der Waals surface area (Å²) in [5, 5.41) is 13.0. The number of nitro benzene ring substituents is 1. The first-order chi connectivity index (χ1) is 18.9. The van der Waals surface area contributed by atoms with Gasteiger partial charge in [-0.15, -0.1) is 0 Å². The number of benzene rings is 3. The third-order valence-corrected chi connectivity index (χ3v) is 7.06.